The molecule has 0 saturated heterocycles. The summed E-state index contributed by atoms with van der Waals surface area (Å²) < 4.78 is 24.0. The van der Waals surface area contributed by atoms with Crippen LogP contribution in [0.5, 0.6) is 5.75 Å². The molecule has 3 rings (SSSR count). The predicted molar refractivity (Wildman–Crippen MR) is 93.5 cm³/mol. The number of ether oxygens (including phenoxy) is 2. The first kappa shape index (κ1) is 17.5. The number of hydrogen-bond acceptors (Lipinski definition) is 3. The molecule has 7 heteroatoms. The molecule has 1 heterocycles. The Labute approximate surface area is 150 Å². The molecule has 0 spiro atoms. The Bertz CT molecular complexity index is 785. The van der Waals surface area contributed by atoms with E-state index in [0.717, 1.165) is 11.1 Å². The van der Waals surface area contributed by atoms with Crippen molar-refractivity contribution in [3.63, 3.8) is 0 Å². The average Bonchev–Trinajstić information content (AvgIpc) is 2.79. The molecule has 0 saturated carbocycles. The molecule has 2 aromatic carbocycles. The summed E-state index contributed by atoms with van der Waals surface area (Å²) in [4.78, 5) is 14.3. The number of carbonyl (C=O) groups is 1. The Morgan fingerprint density at radius 2 is 2.20 bits per heavy atom. The molecule has 0 bridgehead atoms. The maximum atomic E-state index is 13.3. The Morgan fingerprint density at radius 3 is 3.00 bits per heavy atom. The van der Waals surface area contributed by atoms with Crippen molar-refractivity contribution in [2.75, 3.05) is 25.6 Å². The SMILES string of the molecule is COCc1cc(Cl)ccc1NC(=O)N1CCOc2cc(F)ccc2C1. The summed E-state index contributed by atoms with van der Waals surface area (Å²) in [5, 5.41) is 3.45. The van der Waals surface area contributed by atoms with E-state index < -0.39 is 0 Å². The zero-order valence-corrected chi connectivity index (χ0v) is 14.5. The van der Waals surface area contributed by atoms with Crippen molar-refractivity contribution >= 4 is 23.3 Å². The number of halogens is 2. The van der Waals surface area contributed by atoms with Gasteiger partial charge in [-0.1, -0.05) is 17.7 Å². The van der Waals surface area contributed by atoms with E-state index in [1.165, 1.54) is 12.1 Å². The molecule has 0 aromatic heterocycles. The van der Waals surface area contributed by atoms with E-state index in [9.17, 15) is 9.18 Å². The molecule has 1 aliphatic heterocycles. The van der Waals surface area contributed by atoms with Crippen LogP contribution in [0.25, 0.3) is 0 Å². The average molecular weight is 365 g/mol. The van der Waals surface area contributed by atoms with Gasteiger partial charge < -0.3 is 19.7 Å². The monoisotopic (exact) mass is 364 g/mol. The molecule has 0 atom stereocenters. The fourth-order valence-corrected chi connectivity index (χ4v) is 2.87. The fourth-order valence-electron chi connectivity index (χ4n) is 2.67. The highest BCUT2D eigenvalue weighted by Gasteiger charge is 2.21. The number of benzene rings is 2. The molecule has 1 aliphatic rings. The number of fused-ring (bicyclic) bond motifs is 1. The molecular weight excluding hydrogens is 347 g/mol. The first-order valence-corrected chi connectivity index (χ1v) is 8.19. The first-order valence-electron chi connectivity index (χ1n) is 7.81. The summed E-state index contributed by atoms with van der Waals surface area (Å²) in [6.45, 7) is 1.38. The molecule has 25 heavy (non-hydrogen) atoms. The number of urea groups is 1. The third-order valence-electron chi connectivity index (χ3n) is 3.91. The third-order valence-corrected chi connectivity index (χ3v) is 4.14. The van der Waals surface area contributed by atoms with Crippen molar-refractivity contribution < 1.29 is 18.7 Å². The summed E-state index contributed by atoms with van der Waals surface area (Å²) in [6, 6.07) is 9.28. The summed E-state index contributed by atoms with van der Waals surface area (Å²) in [7, 11) is 1.58. The van der Waals surface area contributed by atoms with Crippen molar-refractivity contribution in [3.8, 4) is 5.75 Å². The zero-order chi connectivity index (χ0) is 17.8. The van der Waals surface area contributed by atoms with Gasteiger partial charge in [-0.2, -0.15) is 0 Å². The Morgan fingerprint density at radius 1 is 1.36 bits per heavy atom. The minimum atomic E-state index is -0.359. The lowest BCUT2D eigenvalue weighted by Crippen LogP contribution is -2.36. The Balaban J connectivity index is 1.76. The molecule has 2 aromatic rings. The van der Waals surface area contributed by atoms with Gasteiger partial charge in [-0.3, -0.25) is 0 Å². The van der Waals surface area contributed by atoms with Gasteiger partial charge in [-0.25, -0.2) is 9.18 Å². The van der Waals surface area contributed by atoms with E-state index in [-0.39, 0.29) is 11.8 Å². The number of methoxy groups -OCH3 is 1. The van der Waals surface area contributed by atoms with E-state index in [1.54, 1.807) is 36.3 Å². The van der Waals surface area contributed by atoms with Crippen LogP contribution in [-0.4, -0.2) is 31.2 Å². The highest BCUT2D eigenvalue weighted by atomic mass is 35.5. The molecular formula is C18H18ClFN2O3. The number of nitrogens with zero attached hydrogens (tertiary/aromatic N) is 1. The van der Waals surface area contributed by atoms with Gasteiger partial charge in [0.05, 0.1) is 19.7 Å². The van der Waals surface area contributed by atoms with Gasteiger partial charge in [-0.05, 0) is 24.3 Å². The van der Waals surface area contributed by atoms with Gasteiger partial charge in [0.2, 0.25) is 0 Å². The van der Waals surface area contributed by atoms with Crippen LogP contribution in [0.3, 0.4) is 0 Å². The van der Waals surface area contributed by atoms with Crippen molar-refractivity contribution in [1.29, 1.82) is 0 Å². The fraction of sp³-hybridized carbons (Fsp3) is 0.278. The summed E-state index contributed by atoms with van der Waals surface area (Å²) in [6.07, 6.45) is 0. The van der Waals surface area contributed by atoms with Crippen LogP contribution in [0.15, 0.2) is 36.4 Å². The smallest absolute Gasteiger partial charge is 0.322 e. The minimum absolute atomic E-state index is 0.263. The normalized spacial score (nSPS) is 13.6. The van der Waals surface area contributed by atoms with E-state index in [4.69, 9.17) is 21.1 Å². The van der Waals surface area contributed by atoms with Crippen LogP contribution in [-0.2, 0) is 17.9 Å². The lowest BCUT2D eigenvalue weighted by Gasteiger charge is -2.21. The second-order valence-electron chi connectivity index (χ2n) is 5.69. The van der Waals surface area contributed by atoms with Gasteiger partial charge >= 0.3 is 6.03 Å². The van der Waals surface area contributed by atoms with Crippen LogP contribution >= 0.6 is 11.6 Å². The third kappa shape index (κ3) is 4.21. The van der Waals surface area contributed by atoms with Crippen LogP contribution in [0, 0.1) is 5.82 Å². The summed E-state index contributed by atoms with van der Waals surface area (Å²) in [5.74, 6) is 0.115. The standard InChI is InChI=1S/C18H18ClFN2O3/c1-24-11-13-8-14(19)3-5-16(13)21-18(23)22-6-7-25-17-9-15(20)4-2-12(17)10-22/h2-5,8-9H,6-7,10-11H2,1H3,(H,21,23). The van der Waals surface area contributed by atoms with Crippen molar-refractivity contribution in [2.45, 2.75) is 13.2 Å². The second kappa shape index (κ2) is 7.72. The van der Waals surface area contributed by atoms with Gasteiger partial charge in [0.15, 0.2) is 0 Å². The lowest BCUT2D eigenvalue weighted by atomic mass is 10.2. The van der Waals surface area contributed by atoms with Crippen LogP contribution in [0.2, 0.25) is 5.02 Å². The number of hydrogen-bond donors (Lipinski definition) is 1. The van der Waals surface area contributed by atoms with E-state index >= 15 is 0 Å². The van der Waals surface area contributed by atoms with Gasteiger partial charge in [0.25, 0.3) is 0 Å². The summed E-state index contributed by atoms with van der Waals surface area (Å²) >= 11 is 6.00. The number of rotatable bonds is 3. The van der Waals surface area contributed by atoms with Gasteiger partial charge in [-0.15, -0.1) is 0 Å². The quantitative estimate of drug-likeness (QED) is 0.893. The second-order valence-corrected chi connectivity index (χ2v) is 6.12. The molecule has 2 amide bonds. The van der Waals surface area contributed by atoms with Gasteiger partial charge in [0, 0.05) is 35.0 Å². The first-order chi connectivity index (χ1) is 12.1. The lowest BCUT2D eigenvalue weighted by molar-refractivity contribution is 0.185. The van der Waals surface area contributed by atoms with E-state index in [0.29, 0.717) is 42.8 Å². The number of anilines is 1. The maximum Gasteiger partial charge on any atom is 0.322 e. The Hall–Kier alpha value is -2.31. The molecule has 5 nitrogen and oxygen atoms in total. The number of nitrogens with one attached hydrogen (secondary N) is 1. The van der Waals surface area contributed by atoms with Gasteiger partial charge in [0.1, 0.15) is 18.2 Å². The highest BCUT2D eigenvalue weighted by molar-refractivity contribution is 6.30. The number of carbonyl (C=O) groups excluding carboxylic acids is 1. The highest BCUT2D eigenvalue weighted by Crippen LogP contribution is 2.26. The predicted octanol–water partition coefficient (Wildman–Crippen LogP) is 4.05. The molecule has 1 N–H and O–H groups in total. The Kier molecular flexibility index (Phi) is 5.40. The summed E-state index contributed by atoms with van der Waals surface area (Å²) in [5.41, 5.74) is 2.19. The van der Waals surface area contributed by atoms with Crippen LogP contribution < -0.4 is 10.1 Å². The van der Waals surface area contributed by atoms with E-state index in [1.807, 2.05) is 0 Å². The molecule has 132 valence electrons. The molecule has 0 fully saturated rings. The molecule has 0 radical (unpaired) electrons. The van der Waals surface area contributed by atoms with E-state index in [2.05, 4.69) is 5.32 Å². The topological polar surface area (TPSA) is 50.8 Å². The van der Waals surface area contributed by atoms with Crippen molar-refractivity contribution in [2.24, 2.45) is 0 Å². The van der Waals surface area contributed by atoms with Crippen molar-refractivity contribution in [1.82, 2.24) is 4.90 Å². The largest absolute Gasteiger partial charge is 0.491 e. The zero-order valence-electron chi connectivity index (χ0n) is 13.7. The number of amides is 2. The molecule has 0 unspecified atom stereocenters. The van der Waals surface area contributed by atoms with Crippen molar-refractivity contribution in [3.05, 3.63) is 58.4 Å². The maximum absolute atomic E-state index is 13.3. The van der Waals surface area contributed by atoms with Crippen LogP contribution in [0.1, 0.15) is 11.1 Å². The minimum Gasteiger partial charge on any atom is -0.491 e. The molecule has 0 aliphatic carbocycles. The van der Waals surface area contributed by atoms with Crippen LogP contribution in [0.4, 0.5) is 14.9 Å².